The molecule has 2 aromatic rings. The van der Waals surface area contributed by atoms with Gasteiger partial charge in [-0.1, -0.05) is 11.6 Å². The zero-order valence-electron chi connectivity index (χ0n) is 13.8. The quantitative estimate of drug-likeness (QED) is 0.903. The Morgan fingerprint density at radius 2 is 2.17 bits per heavy atom. The van der Waals surface area contributed by atoms with Crippen LogP contribution in [0.15, 0.2) is 30.5 Å². The number of ether oxygens (including phenoxy) is 1. The van der Waals surface area contributed by atoms with Crippen molar-refractivity contribution in [3.63, 3.8) is 0 Å². The van der Waals surface area contributed by atoms with Crippen LogP contribution in [0.2, 0.25) is 5.02 Å². The van der Waals surface area contributed by atoms with Crippen LogP contribution in [0.3, 0.4) is 0 Å². The van der Waals surface area contributed by atoms with Crippen molar-refractivity contribution in [1.29, 1.82) is 5.26 Å². The molecule has 0 fully saturated rings. The summed E-state index contributed by atoms with van der Waals surface area (Å²) in [7, 11) is 0. The molecule has 1 aromatic carbocycles. The number of nitriles is 1. The predicted octanol–water partition coefficient (Wildman–Crippen LogP) is 3.71. The molecule has 6 heteroatoms. The van der Waals surface area contributed by atoms with Gasteiger partial charge in [-0.25, -0.2) is 0 Å². The van der Waals surface area contributed by atoms with Crippen molar-refractivity contribution in [3.8, 4) is 11.8 Å². The van der Waals surface area contributed by atoms with Crippen molar-refractivity contribution in [2.24, 2.45) is 0 Å². The molecule has 0 spiro atoms. The Bertz CT molecular complexity index is 843. The van der Waals surface area contributed by atoms with E-state index in [4.69, 9.17) is 21.6 Å². The first kappa shape index (κ1) is 16.4. The minimum Gasteiger partial charge on any atom is -0.480 e. The smallest absolute Gasteiger partial charge is 0.266 e. The summed E-state index contributed by atoms with van der Waals surface area (Å²) in [6.07, 6.45) is 1.61. The molecule has 1 N–H and O–H groups in total. The summed E-state index contributed by atoms with van der Waals surface area (Å²) in [5, 5.41) is 12.6. The molecule has 5 nitrogen and oxygen atoms in total. The van der Waals surface area contributed by atoms with Gasteiger partial charge in [-0.15, -0.1) is 0 Å². The molecule has 0 saturated heterocycles. The van der Waals surface area contributed by atoms with E-state index in [-0.39, 0.29) is 11.4 Å². The highest BCUT2D eigenvalue weighted by Crippen LogP contribution is 2.32. The van der Waals surface area contributed by atoms with Gasteiger partial charge >= 0.3 is 0 Å². The second kappa shape index (κ2) is 5.88. The third-order valence-electron chi connectivity index (χ3n) is 3.91. The normalized spacial score (nSPS) is 16.2. The van der Waals surface area contributed by atoms with Gasteiger partial charge in [0.2, 0.25) is 0 Å². The second-order valence-electron chi connectivity index (χ2n) is 6.82. The summed E-state index contributed by atoms with van der Waals surface area (Å²) in [6, 6.07) is 9.10. The Kier molecular flexibility index (Phi) is 4.02. The lowest BCUT2D eigenvalue weighted by Crippen LogP contribution is -2.33. The molecule has 1 unspecified atom stereocenters. The third-order valence-corrected chi connectivity index (χ3v) is 4.15. The summed E-state index contributed by atoms with van der Waals surface area (Å²) in [5.74, 6) is 1.03. The average molecular weight is 344 g/mol. The maximum Gasteiger partial charge on any atom is 0.266 e. The first-order valence-electron chi connectivity index (χ1n) is 7.67. The van der Waals surface area contributed by atoms with Crippen LogP contribution in [-0.4, -0.2) is 16.6 Å². The van der Waals surface area contributed by atoms with Crippen molar-refractivity contribution >= 4 is 23.3 Å². The number of fused-ring (bicyclic) bond motifs is 1. The molecule has 1 aliphatic heterocycles. The first-order valence-corrected chi connectivity index (χ1v) is 8.04. The van der Waals surface area contributed by atoms with Crippen LogP contribution >= 0.6 is 11.6 Å². The summed E-state index contributed by atoms with van der Waals surface area (Å²) in [5.41, 5.74) is 1.17. The van der Waals surface area contributed by atoms with Crippen LogP contribution in [0.4, 0.5) is 5.82 Å². The Morgan fingerprint density at radius 3 is 2.83 bits per heavy atom. The summed E-state index contributed by atoms with van der Waals surface area (Å²) in [4.78, 5) is 12.6. The van der Waals surface area contributed by atoms with Crippen molar-refractivity contribution in [2.75, 3.05) is 5.32 Å². The highest BCUT2D eigenvalue weighted by molar-refractivity contribution is 6.30. The number of carbonyl (C=O) groups is 1. The minimum atomic E-state index is -0.604. The fourth-order valence-corrected chi connectivity index (χ4v) is 2.94. The van der Waals surface area contributed by atoms with Crippen LogP contribution in [0.5, 0.6) is 5.75 Å². The van der Waals surface area contributed by atoms with E-state index in [1.54, 1.807) is 24.4 Å². The lowest BCUT2D eigenvalue weighted by atomic mass is 10.1. The van der Waals surface area contributed by atoms with E-state index in [2.05, 4.69) is 11.4 Å². The molecule has 124 valence electrons. The van der Waals surface area contributed by atoms with Gasteiger partial charge in [-0.3, -0.25) is 4.79 Å². The van der Waals surface area contributed by atoms with E-state index in [1.807, 2.05) is 31.4 Å². The Hall–Kier alpha value is -2.45. The zero-order chi connectivity index (χ0) is 17.5. The number of halogens is 1. The molecular weight excluding hydrogens is 326 g/mol. The summed E-state index contributed by atoms with van der Waals surface area (Å²) < 4.78 is 7.59. The van der Waals surface area contributed by atoms with Crippen LogP contribution in [-0.2, 0) is 16.8 Å². The fraction of sp³-hybridized carbons (Fsp3) is 0.333. The molecule has 1 aliphatic rings. The average Bonchev–Trinajstić information content (AvgIpc) is 3.09. The molecule has 1 amide bonds. The standard InChI is InChI=1S/C18H18ClN3O2/c1-18(2,3)22-10-11(9-20)6-16(22)21-17(23)15-8-12-7-13(19)4-5-14(12)24-15/h4-7,10,15H,8H2,1-3H3,(H,21,23). The third kappa shape index (κ3) is 3.10. The van der Waals surface area contributed by atoms with E-state index < -0.39 is 6.10 Å². The number of benzene rings is 1. The van der Waals surface area contributed by atoms with Gasteiger partial charge in [0.25, 0.3) is 5.91 Å². The molecule has 0 bridgehead atoms. The molecule has 1 aromatic heterocycles. The number of nitrogens with one attached hydrogen (secondary N) is 1. The number of hydrogen-bond donors (Lipinski definition) is 1. The highest BCUT2D eigenvalue weighted by atomic mass is 35.5. The van der Waals surface area contributed by atoms with Gasteiger partial charge < -0.3 is 14.6 Å². The summed E-state index contributed by atoms with van der Waals surface area (Å²) in [6.45, 7) is 6.02. The molecule has 0 aliphatic carbocycles. The largest absolute Gasteiger partial charge is 0.480 e. The second-order valence-corrected chi connectivity index (χ2v) is 7.25. The fourth-order valence-electron chi connectivity index (χ4n) is 2.75. The van der Waals surface area contributed by atoms with Crippen molar-refractivity contribution in [3.05, 3.63) is 46.6 Å². The van der Waals surface area contributed by atoms with Gasteiger partial charge in [0, 0.05) is 23.2 Å². The number of amides is 1. The highest BCUT2D eigenvalue weighted by Gasteiger charge is 2.30. The van der Waals surface area contributed by atoms with Gasteiger partial charge in [0.15, 0.2) is 6.10 Å². The monoisotopic (exact) mass is 343 g/mol. The number of anilines is 1. The van der Waals surface area contributed by atoms with Crippen LogP contribution < -0.4 is 10.1 Å². The van der Waals surface area contributed by atoms with E-state index in [0.29, 0.717) is 28.6 Å². The van der Waals surface area contributed by atoms with Crippen LogP contribution in [0, 0.1) is 11.3 Å². The number of carbonyl (C=O) groups excluding carboxylic acids is 1. The number of hydrogen-bond acceptors (Lipinski definition) is 3. The Balaban J connectivity index is 1.80. The maximum absolute atomic E-state index is 12.6. The summed E-state index contributed by atoms with van der Waals surface area (Å²) >= 11 is 5.98. The molecule has 2 heterocycles. The SMILES string of the molecule is CC(C)(C)n1cc(C#N)cc1NC(=O)C1Cc2cc(Cl)ccc2O1. The minimum absolute atomic E-state index is 0.240. The molecule has 1 atom stereocenters. The Labute approximate surface area is 145 Å². The van der Waals surface area contributed by atoms with Gasteiger partial charge in [0.1, 0.15) is 17.6 Å². The van der Waals surface area contributed by atoms with E-state index in [9.17, 15) is 4.79 Å². The van der Waals surface area contributed by atoms with Crippen LogP contribution in [0.1, 0.15) is 31.9 Å². The first-order chi connectivity index (χ1) is 11.3. The van der Waals surface area contributed by atoms with Crippen molar-refractivity contribution in [1.82, 2.24) is 4.57 Å². The van der Waals surface area contributed by atoms with E-state index in [1.165, 1.54) is 0 Å². The molecule has 0 saturated carbocycles. The molecule has 24 heavy (non-hydrogen) atoms. The number of nitrogens with zero attached hydrogens (tertiary/aromatic N) is 2. The molecule has 3 rings (SSSR count). The Morgan fingerprint density at radius 1 is 1.42 bits per heavy atom. The lowest BCUT2D eigenvalue weighted by molar-refractivity contribution is -0.122. The van der Waals surface area contributed by atoms with Crippen LogP contribution in [0.25, 0.3) is 0 Å². The van der Waals surface area contributed by atoms with Gasteiger partial charge in [-0.2, -0.15) is 5.26 Å². The molecule has 0 radical (unpaired) electrons. The van der Waals surface area contributed by atoms with Crippen molar-refractivity contribution < 1.29 is 9.53 Å². The number of rotatable bonds is 2. The topological polar surface area (TPSA) is 67.0 Å². The van der Waals surface area contributed by atoms with Gasteiger partial charge in [-0.05, 0) is 50.6 Å². The predicted molar refractivity (Wildman–Crippen MR) is 92.3 cm³/mol. The van der Waals surface area contributed by atoms with E-state index in [0.717, 1.165) is 5.56 Å². The van der Waals surface area contributed by atoms with E-state index >= 15 is 0 Å². The van der Waals surface area contributed by atoms with Gasteiger partial charge in [0.05, 0.1) is 5.56 Å². The molecular formula is C18H18ClN3O2. The number of aromatic nitrogens is 1. The lowest BCUT2D eigenvalue weighted by Gasteiger charge is -2.24. The van der Waals surface area contributed by atoms with Crippen molar-refractivity contribution in [2.45, 2.75) is 38.8 Å². The maximum atomic E-state index is 12.6. The zero-order valence-corrected chi connectivity index (χ0v) is 14.5.